The van der Waals surface area contributed by atoms with Crippen LogP contribution >= 0.6 is 23.2 Å². The number of aryl methyl sites for hydroxylation is 1. The molecule has 2 rings (SSSR count). The number of pyridine rings is 1. The number of hydrazine groups is 1. The second-order valence-electron chi connectivity index (χ2n) is 3.64. The maximum Gasteiger partial charge on any atom is 0.176 e. The molecule has 0 fully saturated rings. The zero-order chi connectivity index (χ0) is 13.1. The highest BCUT2D eigenvalue weighted by molar-refractivity contribution is 6.34. The van der Waals surface area contributed by atoms with Gasteiger partial charge in [0.1, 0.15) is 0 Å². The molecule has 0 saturated carbocycles. The fraction of sp³-hybridized carbons (Fsp3) is 0.333. The van der Waals surface area contributed by atoms with E-state index in [0.717, 1.165) is 0 Å². The standard InChI is InChI=1S/C9H11Cl2N7/c1-18-16-8(15-17-18)3-7(14-12)9-6(11)2-5(10)4-13-9/h2,4,7,14H,3,12H2,1H3. The predicted molar refractivity (Wildman–Crippen MR) is 66.8 cm³/mol. The third-order valence-electron chi connectivity index (χ3n) is 2.30. The molecule has 0 radical (unpaired) electrons. The normalized spacial score (nSPS) is 12.7. The van der Waals surface area contributed by atoms with Gasteiger partial charge in [-0.3, -0.25) is 16.3 Å². The van der Waals surface area contributed by atoms with Gasteiger partial charge < -0.3 is 0 Å². The highest BCUT2D eigenvalue weighted by Crippen LogP contribution is 2.24. The Morgan fingerprint density at radius 3 is 2.83 bits per heavy atom. The van der Waals surface area contributed by atoms with Gasteiger partial charge in [-0.05, 0) is 11.3 Å². The number of nitrogens with zero attached hydrogens (tertiary/aromatic N) is 5. The minimum atomic E-state index is -0.307. The Morgan fingerprint density at radius 1 is 1.50 bits per heavy atom. The fourth-order valence-corrected chi connectivity index (χ4v) is 2.02. The highest BCUT2D eigenvalue weighted by Gasteiger charge is 2.18. The molecular formula is C9H11Cl2N7. The summed E-state index contributed by atoms with van der Waals surface area (Å²) < 4.78 is 0. The average molecular weight is 288 g/mol. The summed E-state index contributed by atoms with van der Waals surface area (Å²) >= 11 is 11.9. The van der Waals surface area contributed by atoms with Gasteiger partial charge in [-0.15, -0.1) is 10.2 Å². The number of nitrogens with one attached hydrogen (secondary N) is 1. The zero-order valence-corrected chi connectivity index (χ0v) is 11.0. The van der Waals surface area contributed by atoms with Crippen LogP contribution in [0.3, 0.4) is 0 Å². The second-order valence-corrected chi connectivity index (χ2v) is 4.48. The molecule has 0 aliphatic carbocycles. The highest BCUT2D eigenvalue weighted by atomic mass is 35.5. The minimum Gasteiger partial charge on any atom is -0.271 e. The molecular weight excluding hydrogens is 277 g/mol. The molecule has 2 aromatic rings. The number of rotatable bonds is 4. The average Bonchev–Trinajstić information content (AvgIpc) is 2.72. The van der Waals surface area contributed by atoms with E-state index in [0.29, 0.717) is 28.0 Å². The molecule has 0 aliphatic rings. The first kappa shape index (κ1) is 13.2. The largest absolute Gasteiger partial charge is 0.271 e. The van der Waals surface area contributed by atoms with Crippen LogP contribution in [0.5, 0.6) is 0 Å². The van der Waals surface area contributed by atoms with Crippen molar-refractivity contribution < 1.29 is 0 Å². The van der Waals surface area contributed by atoms with E-state index in [4.69, 9.17) is 29.0 Å². The predicted octanol–water partition coefficient (Wildman–Crippen LogP) is 0.659. The molecule has 0 aliphatic heterocycles. The fourth-order valence-electron chi connectivity index (χ4n) is 1.50. The lowest BCUT2D eigenvalue weighted by molar-refractivity contribution is 0.524. The molecule has 1 atom stereocenters. The lowest BCUT2D eigenvalue weighted by atomic mass is 10.1. The van der Waals surface area contributed by atoms with Gasteiger partial charge in [-0.25, -0.2) is 0 Å². The first-order valence-corrected chi connectivity index (χ1v) is 5.85. The molecule has 2 heterocycles. The molecule has 7 nitrogen and oxygen atoms in total. The first-order valence-electron chi connectivity index (χ1n) is 5.10. The molecule has 0 bridgehead atoms. The molecule has 0 spiro atoms. The molecule has 18 heavy (non-hydrogen) atoms. The summed E-state index contributed by atoms with van der Waals surface area (Å²) in [5.41, 5.74) is 3.22. The van der Waals surface area contributed by atoms with Crippen molar-refractivity contribution in [3.8, 4) is 0 Å². The van der Waals surface area contributed by atoms with Crippen LogP contribution in [0, 0.1) is 0 Å². The second kappa shape index (κ2) is 5.57. The van der Waals surface area contributed by atoms with Gasteiger partial charge in [0.25, 0.3) is 0 Å². The van der Waals surface area contributed by atoms with Gasteiger partial charge >= 0.3 is 0 Å². The summed E-state index contributed by atoms with van der Waals surface area (Å²) in [7, 11) is 1.69. The van der Waals surface area contributed by atoms with E-state index in [-0.39, 0.29) is 6.04 Å². The van der Waals surface area contributed by atoms with Gasteiger partial charge in [-0.2, -0.15) is 4.80 Å². The lowest BCUT2D eigenvalue weighted by Gasteiger charge is -2.14. The maximum absolute atomic E-state index is 6.07. The van der Waals surface area contributed by atoms with Crippen LogP contribution in [0.4, 0.5) is 0 Å². The number of nitrogens with two attached hydrogens (primary N) is 1. The third kappa shape index (κ3) is 2.94. The van der Waals surface area contributed by atoms with Gasteiger partial charge in [-0.1, -0.05) is 23.2 Å². The van der Waals surface area contributed by atoms with Crippen LogP contribution in [0.25, 0.3) is 0 Å². The quantitative estimate of drug-likeness (QED) is 0.634. The molecule has 1 unspecified atom stereocenters. The molecule has 96 valence electrons. The van der Waals surface area contributed by atoms with Gasteiger partial charge in [0.15, 0.2) is 5.82 Å². The maximum atomic E-state index is 6.07. The molecule has 0 amide bonds. The minimum absolute atomic E-state index is 0.307. The van der Waals surface area contributed by atoms with E-state index in [1.165, 1.54) is 11.0 Å². The van der Waals surface area contributed by atoms with E-state index in [9.17, 15) is 0 Å². The Labute approximate surface area is 113 Å². The van der Waals surface area contributed by atoms with Crippen LogP contribution in [0.2, 0.25) is 10.0 Å². The molecule has 0 aromatic carbocycles. The first-order chi connectivity index (χ1) is 8.60. The summed E-state index contributed by atoms with van der Waals surface area (Å²) in [6, 6.07) is 1.30. The molecule has 3 N–H and O–H groups in total. The lowest BCUT2D eigenvalue weighted by Crippen LogP contribution is -2.30. The number of hydrogen-bond acceptors (Lipinski definition) is 6. The van der Waals surface area contributed by atoms with E-state index in [2.05, 4.69) is 25.8 Å². The van der Waals surface area contributed by atoms with Crippen LogP contribution < -0.4 is 11.3 Å². The van der Waals surface area contributed by atoms with Crippen molar-refractivity contribution >= 4 is 23.2 Å². The number of aromatic nitrogens is 5. The Hall–Kier alpha value is -1.28. The summed E-state index contributed by atoms with van der Waals surface area (Å²) in [5.74, 6) is 6.05. The Kier molecular flexibility index (Phi) is 4.07. The van der Waals surface area contributed by atoms with Gasteiger partial charge in [0.05, 0.1) is 28.8 Å². The zero-order valence-electron chi connectivity index (χ0n) is 9.51. The van der Waals surface area contributed by atoms with Crippen LogP contribution in [-0.4, -0.2) is 25.2 Å². The monoisotopic (exact) mass is 287 g/mol. The number of halogens is 2. The van der Waals surface area contributed by atoms with Crippen molar-refractivity contribution in [1.82, 2.24) is 30.6 Å². The summed E-state index contributed by atoms with van der Waals surface area (Å²) in [6.45, 7) is 0. The third-order valence-corrected chi connectivity index (χ3v) is 2.81. The van der Waals surface area contributed by atoms with Crippen molar-refractivity contribution in [2.75, 3.05) is 0 Å². The van der Waals surface area contributed by atoms with E-state index in [1.54, 1.807) is 13.1 Å². The molecule has 2 aromatic heterocycles. The molecule has 0 saturated heterocycles. The summed E-state index contributed by atoms with van der Waals surface area (Å²) in [6.07, 6.45) is 1.94. The van der Waals surface area contributed by atoms with E-state index < -0.39 is 0 Å². The Morgan fingerprint density at radius 2 is 2.28 bits per heavy atom. The summed E-state index contributed by atoms with van der Waals surface area (Å²) in [4.78, 5) is 5.54. The Bertz CT molecular complexity index is 541. The number of hydrogen-bond donors (Lipinski definition) is 2. The topological polar surface area (TPSA) is 94.5 Å². The van der Waals surface area contributed by atoms with Crippen LogP contribution in [0.15, 0.2) is 12.3 Å². The van der Waals surface area contributed by atoms with Crippen molar-refractivity contribution in [1.29, 1.82) is 0 Å². The van der Waals surface area contributed by atoms with Crippen molar-refractivity contribution in [3.63, 3.8) is 0 Å². The van der Waals surface area contributed by atoms with Crippen LogP contribution in [-0.2, 0) is 13.5 Å². The molecule has 9 heteroatoms. The van der Waals surface area contributed by atoms with Crippen molar-refractivity contribution in [2.45, 2.75) is 12.5 Å². The van der Waals surface area contributed by atoms with Gasteiger partial charge in [0.2, 0.25) is 0 Å². The Balaban J connectivity index is 2.22. The van der Waals surface area contributed by atoms with E-state index in [1.807, 2.05) is 0 Å². The smallest absolute Gasteiger partial charge is 0.176 e. The van der Waals surface area contributed by atoms with Gasteiger partial charge in [0, 0.05) is 12.6 Å². The van der Waals surface area contributed by atoms with E-state index >= 15 is 0 Å². The van der Waals surface area contributed by atoms with Crippen molar-refractivity contribution in [2.24, 2.45) is 12.9 Å². The van der Waals surface area contributed by atoms with Crippen molar-refractivity contribution in [3.05, 3.63) is 33.8 Å². The van der Waals surface area contributed by atoms with Crippen LogP contribution in [0.1, 0.15) is 17.6 Å². The number of tetrazole rings is 1. The summed E-state index contributed by atoms with van der Waals surface area (Å²) in [5, 5.41) is 12.6. The SMILES string of the molecule is Cn1nnc(CC(NN)c2ncc(Cl)cc2Cl)n1.